The molecule has 6 heteroatoms. The van der Waals surface area contributed by atoms with Crippen LogP contribution >= 0.6 is 0 Å². The molecule has 1 aliphatic heterocycles. The molecule has 0 saturated heterocycles. The summed E-state index contributed by atoms with van der Waals surface area (Å²) in [6.07, 6.45) is 0.153. The number of ether oxygens (including phenoxy) is 1. The van der Waals surface area contributed by atoms with Crippen LogP contribution in [-0.4, -0.2) is 24.3 Å². The molecule has 3 aromatic carbocycles. The van der Waals surface area contributed by atoms with Gasteiger partial charge in [0.15, 0.2) is 5.78 Å². The molecule has 4 nitrogen and oxygen atoms in total. The van der Waals surface area contributed by atoms with E-state index in [1.807, 2.05) is 19.1 Å². The average molecular weight is 421 g/mol. The lowest BCUT2D eigenvalue weighted by Crippen LogP contribution is -2.34. The van der Waals surface area contributed by atoms with Gasteiger partial charge in [-0.15, -0.1) is 0 Å². The van der Waals surface area contributed by atoms with E-state index in [1.165, 1.54) is 43.3 Å². The van der Waals surface area contributed by atoms with Gasteiger partial charge in [-0.05, 0) is 61.4 Å². The number of Topliss-reactive ketones (excluding diaryl/α,β-unsaturated/α-hetero) is 1. The Morgan fingerprint density at radius 2 is 1.81 bits per heavy atom. The third kappa shape index (κ3) is 4.19. The van der Waals surface area contributed by atoms with Gasteiger partial charge in [-0.3, -0.25) is 9.59 Å². The van der Waals surface area contributed by atoms with E-state index >= 15 is 0 Å². The number of nitrogens with one attached hydrogen (secondary N) is 1. The molecule has 1 aliphatic rings. The fraction of sp³-hybridized carbons (Fsp3) is 0.200. The number of aryl methyl sites for hydroxylation is 1. The summed E-state index contributed by atoms with van der Waals surface area (Å²) in [4.78, 5) is 24.1. The number of amides is 1. The Hall–Kier alpha value is -3.54. The quantitative estimate of drug-likeness (QED) is 0.598. The number of halogens is 2. The van der Waals surface area contributed by atoms with Gasteiger partial charge in [0.1, 0.15) is 23.5 Å². The van der Waals surface area contributed by atoms with Gasteiger partial charge in [0.25, 0.3) is 5.91 Å². The number of fused-ring (bicyclic) bond motifs is 1. The van der Waals surface area contributed by atoms with Crippen molar-refractivity contribution < 1.29 is 23.1 Å². The molecule has 0 bridgehead atoms. The van der Waals surface area contributed by atoms with Crippen molar-refractivity contribution >= 4 is 11.7 Å². The number of ketones is 1. The number of hydrogen-bond donors (Lipinski definition) is 1. The van der Waals surface area contributed by atoms with Crippen LogP contribution in [0, 0.1) is 18.6 Å². The van der Waals surface area contributed by atoms with Crippen molar-refractivity contribution in [1.82, 2.24) is 5.32 Å². The molecule has 1 heterocycles. The van der Waals surface area contributed by atoms with Crippen molar-refractivity contribution in [3.63, 3.8) is 0 Å². The zero-order chi connectivity index (χ0) is 22.1. The molecule has 0 saturated carbocycles. The lowest BCUT2D eigenvalue weighted by atomic mass is 9.95. The third-order valence-corrected chi connectivity index (χ3v) is 5.31. The molecular weight excluding hydrogens is 400 g/mol. The first kappa shape index (κ1) is 20.7. The highest BCUT2D eigenvalue weighted by atomic mass is 19.1. The van der Waals surface area contributed by atoms with Crippen LogP contribution in [0.3, 0.4) is 0 Å². The Balaban J connectivity index is 1.57. The maximum Gasteiger partial charge on any atom is 0.254 e. The number of rotatable bonds is 5. The molecular formula is C25H21F2NO3. The number of benzene rings is 3. The summed E-state index contributed by atoms with van der Waals surface area (Å²) in [7, 11) is 0. The zero-order valence-electron chi connectivity index (χ0n) is 17.2. The number of carbonyl (C=O) groups is 2. The molecule has 158 valence electrons. The standard InChI is InChI=1S/C25H21F2NO3/c1-14-9-17-11-18(13-28-25(30)19-5-3-4-6-22(19)26)31-24(17)21(10-14)20-12-16(15(2)29)7-8-23(20)27/h3-10,12,18H,11,13H2,1-2H3,(H,28,30)/t18-/m0/s1. The van der Waals surface area contributed by atoms with Gasteiger partial charge in [-0.25, -0.2) is 8.78 Å². The molecule has 0 fully saturated rings. The van der Waals surface area contributed by atoms with Gasteiger partial charge in [-0.1, -0.05) is 18.2 Å². The van der Waals surface area contributed by atoms with Gasteiger partial charge in [0, 0.05) is 23.1 Å². The van der Waals surface area contributed by atoms with E-state index in [0.717, 1.165) is 11.1 Å². The van der Waals surface area contributed by atoms with E-state index in [2.05, 4.69) is 5.32 Å². The van der Waals surface area contributed by atoms with E-state index in [4.69, 9.17) is 4.74 Å². The molecule has 0 radical (unpaired) electrons. The highest BCUT2D eigenvalue weighted by Crippen LogP contribution is 2.41. The van der Waals surface area contributed by atoms with Crippen LogP contribution in [-0.2, 0) is 6.42 Å². The zero-order valence-corrected chi connectivity index (χ0v) is 17.2. The van der Waals surface area contributed by atoms with Gasteiger partial charge in [-0.2, -0.15) is 0 Å². The first-order valence-corrected chi connectivity index (χ1v) is 9.97. The van der Waals surface area contributed by atoms with Crippen molar-refractivity contribution in [2.75, 3.05) is 6.54 Å². The van der Waals surface area contributed by atoms with Crippen LogP contribution < -0.4 is 10.1 Å². The van der Waals surface area contributed by atoms with E-state index < -0.39 is 17.5 Å². The van der Waals surface area contributed by atoms with Crippen LogP contribution in [0.15, 0.2) is 54.6 Å². The van der Waals surface area contributed by atoms with Crippen molar-refractivity contribution in [2.45, 2.75) is 26.4 Å². The molecule has 1 N–H and O–H groups in total. The van der Waals surface area contributed by atoms with Crippen molar-refractivity contribution in [3.8, 4) is 16.9 Å². The summed E-state index contributed by atoms with van der Waals surface area (Å²) >= 11 is 0. The second-order valence-electron chi connectivity index (χ2n) is 7.69. The lowest BCUT2D eigenvalue weighted by Gasteiger charge is -2.15. The normalized spacial score (nSPS) is 14.6. The molecule has 0 unspecified atom stereocenters. The van der Waals surface area contributed by atoms with Gasteiger partial charge in [0.2, 0.25) is 0 Å². The van der Waals surface area contributed by atoms with Crippen LogP contribution in [0.1, 0.15) is 38.8 Å². The summed E-state index contributed by atoms with van der Waals surface area (Å²) in [6, 6.07) is 13.8. The Morgan fingerprint density at radius 1 is 1.03 bits per heavy atom. The van der Waals surface area contributed by atoms with E-state index in [0.29, 0.717) is 28.9 Å². The van der Waals surface area contributed by atoms with Crippen molar-refractivity contribution in [2.24, 2.45) is 0 Å². The molecule has 1 atom stereocenters. The predicted octanol–water partition coefficient (Wildman–Crippen LogP) is 4.88. The fourth-order valence-corrected chi connectivity index (χ4v) is 3.80. The molecule has 4 rings (SSSR count). The van der Waals surface area contributed by atoms with Crippen molar-refractivity contribution in [1.29, 1.82) is 0 Å². The highest BCUT2D eigenvalue weighted by molar-refractivity contribution is 5.96. The summed E-state index contributed by atoms with van der Waals surface area (Å²) in [5.41, 5.74) is 3.08. The summed E-state index contributed by atoms with van der Waals surface area (Å²) in [5, 5.41) is 2.70. The first-order chi connectivity index (χ1) is 14.8. The number of hydrogen-bond acceptors (Lipinski definition) is 3. The van der Waals surface area contributed by atoms with Crippen LogP contribution in [0.5, 0.6) is 5.75 Å². The Morgan fingerprint density at radius 3 is 2.55 bits per heavy atom. The van der Waals surface area contributed by atoms with Crippen LogP contribution in [0.25, 0.3) is 11.1 Å². The molecule has 0 spiro atoms. The second-order valence-corrected chi connectivity index (χ2v) is 7.69. The Kier molecular flexibility index (Phi) is 5.55. The molecule has 0 aliphatic carbocycles. The van der Waals surface area contributed by atoms with E-state index in [1.54, 1.807) is 6.07 Å². The summed E-state index contributed by atoms with van der Waals surface area (Å²) in [5.74, 6) is -1.17. The van der Waals surface area contributed by atoms with Crippen molar-refractivity contribution in [3.05, 3.63) is 88.5 Å². The maximum absolute atomic E-state index is 14.6. The predicted molar refractivity (Wildman–Crippen MR) is 113 cm³/mol. The SMILES string of the molecule is CC(=O)c1ccc(F)c(-c2cc(C)cc3c2O[C@H](CNC(=O)c2ccccc2F)C3)c1. The Bertz CT molecular complexity index is 1190. The molecule has 0 aromatic heterocycles. The van der Waals surface area contributed by atoms with Crippen LogP contribution in [0.4, 0.5) is 8.78 Å². The smallest absolute Gasteiger partial charge is 0.254 e. The topological polar surface area (TPSA) is 55.4 Å². The maximum atomic E-state index is 14.6. The monoisotopic (exact) mass is 421 g/mol. The fourth-order valence-electron chi connectivity index (χ4n) is 3.80. The minimum Gasteiger partial charge on any atom is -0.487 e. The summed E-state index contributed by atoms with van der Waals surface area (Å²) in [6.45, 7) is 3.52. The first-order valence-electron chi connectivity index (χ1n) is 9.97. The number of carbonyl (C=O) groups excluding carboxylic acids is 2. The molecule has 3 aromatic rings. The summed E-state index contributed by atoms with van der Waals surface area (Å²) < 4.78 is 34.5. The third-order valence-electron chi connectivity index (χ3n) is 5.31. The van der Waals surface area contributed by atoms with E-state index in [-0.39, 0.29) is 24.0 Å². The minimum atomic E-state index is -0.589. The lowest BCUT2D eigenvalue weighted by molar-refractivity contribution is 0.0929. The van der Waals surface area contributed by atoms with E-state index in [9.17, 15) is 18.4 Å². The van der Waals surface area contributed by atoms with Crippen LogP contribution in [0.2, 0.25) is 0 Å². The highest BCUT2D eigenvalue weighted by Gasteiger charge is 2.28. The largest absolute Gasteiger partial charge is 0.487 e. The van der Waals surface area contributed by atoms with Gasteiger partial charge < -0.3 is 10.1 Å². The Labute approximate surface area is 178 Å². The average Bonchev–Trinajstić information content (AvgIpc) is 3.14. The molecule has 31 heavy (non-hydrogen) atoms. The van der Waals surface area contributed by atoms with Gasteiger partial charge in [0.05, 0.1) is 12.1 Å². The van der Waals surface area contributed by atoms with Gasteiger partial charge >= 0.3 is 0 Å². The minimum absolute atomic E-state index is 0.0299. The second kappa shape index (κ2) is 8.30. The molecule has 1 amide bonds.